The Kier molecular flexibility index (Phi) is 4.18. The van der Waals surface area contributed by atoms with Crippen molar-refractivity contribution < 1.29 is 0 Å². The Labute approximate surface area is 108 Å². The number of alkyl halides is 1. The van der Waals surface area contributed by atoms with E-state index in [4.69, 9.17) is 11.6 Å². The van der Waals surface area contributed by atoms with E-state index in [1.54, 1.807) is 0 Å². The molecule has 0 bridgehead atoms. The molecule has 0 saturated heterocycles. The predicted octanol–water partition coefficient (Wildman–Crippen LogP) is 3.98. The van der Waals surface area contributed by atoms with Gasteiger partial charge < -0.3 is 0 Å². The largest absolute Gasteiger partial charge is 0.289 e. The molecule has 0 radical (unpaired) electrons. The van der Waals surface area contributed by atoms with Crippen molar-refractivity contribution in [3.63, 3.8) is 0 Å². The van der Waals surface area contributed by atoms with Gasteiger partial charge in [0.1, 0.15) is 0 Å². The number of rotatable bonds is 4. The molecule has 0 amide bonds. The first-order chi connectivity index (χ1) is 8.29. The highest BCUT2D eigenvalue weighted by atomic mass is 35.5. The average molecular weight is 246 g/mol. The van der Waals surface area contributed by atoms with Gasteiger partial charge >= 0.3 is 0 Å². The summed E-state index contributed by atoms with van der Waals surface area (Å²) in [6, 6.07) is 19.6. The molecule has 0 aliphatic rings. The molecule has 2 rings (SSSR count). The molecule has 0 unspecified atom stereocenters. The lowest BCUT2D eigenvalue weighted by atomic mass is 10.0. The van der Waals surface area contributed by atoms with Gasteiger partial charge in [0.2, 0.25) is 0 Å². The molecular formula is C15H16ClN. The fourth-order valence-corrected chi connectivity index (χ4v) is 1.87. The third kappa shape index (κ3) is 3.32. The summed E-state index contributed by atoms with van der Waals surface area (Å²) in [6.45, 7) is 0.887. The van der Waals surface area contributed by atoms with Gasteiger partial charge in [-0.2, -0.15) is 0 Å². The van der Waals surface area contributed by atoms with Crippen LogP contribution < -0.4 is 0 Å². The zero-order valence-electron chi connectivity index (χ0n) is 9.94. The molecule has 0 heterocycles. The van der Waals surface area contributed by atoms with Crippen LogP contribution in [0.25, 0.3) is 11.1 Å². The van der Waals surface area contributed by atoms with Crippen molar-refractivity contribution in [2.45, 2.75) is 6.54 Å². The van der Waals surface area contributed by atoms with Gasteiger partial charge in [-0.25, -0.2) is 0 Å². The zero-order valence-corrected chi connectivity index (χ0v) is 10.7. The molecule has 0 aliphatic carbocycles. The van der Waals surface area contributed by atoms with Gasteiger partial charge in [-0.15, -0.1) is 11.6 Å². The first-order valence-electron chi connectivity index (χ1n) is 5.68. The quantitative estimate of drug-likeness (QED) is 0.582. The lowest BCUT2D eigenvalue weighted by Gasteiger charge is -2.12. The minimum Gasteiger partial charge on any atom is -0.289 e. The maximum atomic E-state index is 5.75. The Morgan fingerprint density at radius 1 is 0.882 bits per heavy atom. The minimum absolute atomic E-state index is 0.556. The Balaban J connectivity index is 2.13. The van der Waals surface area contributed by atoms with Crippen LogP contribution in [0.5, 0.6) is 0 Å². The summed E-state index contributed by atoms with van der Waals surface area (Å²) in [7, 11) is 2.01. The van der Waals surface area contributed by atoms with Gasteiger partial charge in [0.05, 0.1) is 6.00 Å². The van der Waals surface area contributed by atoms with E-state index >= 15 is 0 Å². The molecule has 0 fully saturated rings. The molecule has 2 aromatic carbocycles. The van der Waals surface area contributed by atoms with Crippen molar-refractivity contribution in [3.05, 3.63) is 60.2 Å². The monoisotopic (exact) mass is 245 g/mol. The van der Waals surface area contributed by atoms with Crippen molar-refractivity contribution in [3.8, 4) is 11.1 Å². The highest BCUT2D eigenvalue weighted by Gasteiger charge is 2.00. The predicted molar refractivity (Wildman–Crippen MR) is 74.1 cm³/mol. The van der Waals surface area contributed by atoms with Gasteiger partial charge in [-0.1, -0.05) is 54.6 Å². The molecule has 2 heteroatoms. The SMILES string of the molecule is CN(CCl)Cc1ccc(-c2ccccc2)cc1. The van der Waals surface area contributed by atoms with Crippen molar-refractivity contribution in [2.24, 2.45) is 0 Å². The Hall–Kier alpha value is -1.31. The van der Waals surface area contributed by atoms with Gasteiger partial charge in [-0.05, 0) is 23.7 Å². The molecule has 0 spiro atoms. The van der Waals surface area contributed by atoms with E-state index in [-0.39, 0.29) is 0 Å². The second kappa shape index (κ2) is 5.85. The fourth-order valence-electron chi connectivity index (χ4n) is 1.79. The first kappa shape index (κ1) is 12.2. The topological polar surface area (TPSA) is 3.24 Å². The van der Waals surface area contributed by atoms with E-state index < -0.39 is 0 Å². The second-order valence-corrected chi connectivity index (χ2v) is 4.44. The Bertz CT molecular complexity index is 450. The third-order valence-electron chi connectivity index (χ3n) is 2.72. The average Bonchev–Trinajstić information content (AvgIpc) is 2.40. The van der Waals surface area contributed by atoms with Crippen molar-refractivity contribution in [1.82, 2.24) is 4.90 Å². The van der Waals surface area contributed by atoms with Crippen LogP contribution in [0.2, 0.25) is 0 Å². The first-order valence-corrected chi connectivity index (χ1v) is 6.22. The molecule has 0 atom stereocenters. The lowest BCUT2D eigenvalue weighted by Crippen LogP contribution is -2.15. The molecule has 0 aliphatic heterocycles. The van der Waals surface area contributed by atoms with E-state index in [0.29, 0.717) is 6.00 Å². The highest BCUT2D eigenvalue weighted by molar-refractivity contribution is 6.17. The smallest absolute Gasteiger partial charge is 0.0738 e. The third-order valence-corrected chi connectivity index (χ3v) is 3.13. The summed E-state index contributed by atoms with van der Waals surface area (Å²) in [5.41, 5.74) is 3.79. The standard InChI is InChI=1S/C15H16ClN/c1-17(12-16)11-13-7-9-15(10-8-13)14-5-3-2-4-6-14/h2-10H,11-12H2,1H3. The van der Waals surface area contributed by atoms with Crippen LogP contribution in [0.15, 0.2) is 54.6 Å². The maximum Gasteiger partial charge on any atom is 0.0738 e. The van der Waals surface area contributed by atoms with Crippen LogP contribution >= 0.6 is 11.6 Å². The molecule has 88 valence electrons. The van der Waals surface area contributed by atoms with Gasteiger partial charge in [-0.3, -0.25) is 4.90 Å². The second-order valence-electron chi connectivity index (χ2n) is 4.20. The highest BCUT2D eigenvalue weighted by Crippen LogP contribution is 2.19. The fraction of sp³-hybridized carbons (Fsp3) is 0.200. The van der Waals surface area contributed by atoms with Crippen LogP contribution in [-0.2, 0) is 6.54 Å². The zero-order chi connectivity index (χ0) is 12.1. The summed E-state index contributed by atoms with van der Waals surface area (Å²) in [5, 5.41) is 0. The van der Waals surface area contributed by atoms with Crippen LogP contribution in [0.3, 0.4) is 0 Å². The van der Waals surface area contributed by atoms with Crippen LogP contribution in [0.4, 0.5) is 0 Å². The molecule has 2 aromatic rings. The number of hydrogen-bond donors (Lipinski definition) is 0. The summed E-state index contributed by atoms with van der Waals surface area (Å²) in [4.78, 5) is 2.07. The van der Waals surface area contributed by atoms with Crippen LogP contribution in [-0.4, -0.2) is 18.0 Å². The van der Waals surface area contributed by atoms with Gasteiger partial charge in [0.25, 0.3) is 0 Å². The number of nitrogens with zero attached hydrogens (tertiary/aromatic N) is 1. The summed E-state index contributed by atoms with van der Waals surface area (Å²) < 4.78 is 0. The Morgan fingerprint density at radius 2 is 1.47 bits per heavy atom. The van der Waals surface area contributed by atoms with E-state index in [0.717, 1.165) is 6.54 Å². The molecular weight excluding hydrogens is 230 g/mol. The lowest BCUT2D eigenvalue weighted by molar-refractivity contribution is 0.382. The van der Waals surface area contributed by atoms with E-state index in [1.807, 2.05) is 13.1 Å². The van der Waals surface area contributed by atoms with E-state index in [2.05, 4.69) is 53.4 Å². The molecule has 0 N–H and O–H groups in total. The number of benzene rings is 2. The van der Waals surface area contributed by atoms with Crippen molar-refractivity contribution in [1.29, 1.82) is 0 Å². The normalized spacial score (nSPS) is 10.8. The van der Waals surface area contributed by atoms with Gasteiger partial charge in [0, 0.05) is 6.54 Å². The van der Waals surface area contributed by atoms with Gasteiger partial charge in [0.15, 0.2) is 0 Å². The molecule has 0 aromatic heterocycles. The Morgan fingerprint density at radius 3 is 2.06 bits per heavy atom. The maximum absolute atomic E-state index is 5.75. The summed E-state index contributed by atoms with van der Waals surface area (Å²) in [5.74, 6) is 0. The molecule has 17 heavy (non-hydrogen) atoms. The summed E-state index contributed by atoms with van der Waals surface area (Å²) in [6.07, 6.45) is 0. The molecule has 1 nitrogen and oxygen atoms in total. The number of hydrogen-bond acceptors (Lipinski definition) is 1. The number of halogens is 1. The molecule has 0 saturated carbocycles. The van der Waals surface area contributed by atoms with Crippen LogP contribution in [0.1, 0.15) is 5.56 Å². The van der Waals surface area contributed by atoms with E-state index in [9.17, 15) is 0 Å². The van der Waals surface area contributed by atoms with Crippen molar-refractivity contribution in [2.75, 3.05) is 13.1 Å². The minimum atomic E-state index is 0.556. The summed E-state index contributed by atoms with van der Waals surface area (Å²) >= 11 is 5.75. The van der Waals surface area contributed by atoms with Crippen LogP contribution in [0, 0.1) is 0 Å². The van der Waals surface area contributed by atoms with E-state index in [1.165, 1.54) is 16.7 Å². The van der Waals surface area contributed by atoms with Crippen molar-refractivity contribution >= 4 is 11.6 Å².